The second kappa shape index (κ2) is 12.4. The van der Waals surface area contributed by atoms with Crippen LogP contribution >= 0.6 is 0 Å². The molecular weight excluding hydrogens is 426 g/mol. The molecule has 0 fully saturated rings. The Hall–Kier alpha value is -3.59. The zero-order valence-corrected chi connectivity index (χ0v) is 18.9. The highest BCUT2D eigenvalue weighted by Gasteiger charge is 2.23. The van der Waals surface area contributed by atoms with E-state index in [9.17, 15) is 14.4 Å². The normalized spacial score (nSPS) is 14.9. The first-order chi connectivity index (χ1) is 15.7. The van der Waals surface area contributed by atoms with Gasteiger partial charge in [-0.25, -0.2) is 14.4 Å². The number of anilines is 1. The number of carbonyl (C=O) groups excluding carboxylic acids is 1. The number of carbonyl (C=O) groups is 3. The van der Waals surface area contributed by atoms with Crippen LogP contribution in [0.2, 0.25) is 0 Å². The van der Waals surface area contributed by atoms with Crippen molar-refractivity contribution in [1.29, 1.82) is 0 Å². The number of H-pyrrole nitrogens is 1. The molecule has 9 heteroatoms. The molecule has 1 atom stereocenters. The van der Waals surface area contributed by atoms with Gasteiger partial charge in [0.15, 0.2) is 0 Å². The van der Waals surface area contributed by atoms with Crippen LogP contribution in [0.4, 0.5) is 10.5 Å². The minimum Gasteiger partial charge on any atom is -0.478 e. The molecule has 1 aliphatic carbocycles. The second-order valence-electron chi connectivity index (χ2n) is 7.95. The van der Waals surface area contributed by atoms with E-state index in [2.05, 4.69) is 36.0 Å². The number of rotatable bonds is 8. The number of benzene rings is 1. The lowest BCUT2D eigenvalue weighted by Gasteiger charge is -2.25. The molecule has 0 radical (unpaired) electrons. The van der Waals surface area contributed by atoms with Gasteiger partial charge in [0, 0.05) is 46.5 Å². The standard InChI is InChI=1S/C20H27N3O2.C4H4O4/c1-4-5-10-25-20(24)22-15-7-9-19-17(12-15)16-11-14(21-13(2)3)6-8-18(16)23-19;5-3(6)1-2-4(7)8/h4,7,9,12-14,21,23H,1,5-6,8,10-11H2,2-3H3,(H,22,24);1-2H,(H,5,6)(H,7,8). The van der Waals surface area contributed by atoms with Gasteiger partial charge in [0.2, 0.25) is 0 Å². The number of aromatic amines is 1. The van der Waals surface area contributed by atoms with Gasteiger partial charge in [0.1, 0.15) is 0 Å². The molecule has 1 unspecified atom stereocenters. The molecule has 1 heterocycles. The van der Waals surface area contributed by atoms with Gasteiger partial charge >= 0.3 is 18.0 Å². The maximum absolute atomic E-state index is 11.8. The number of aromatic nitrogens is 1. The summed E-state index contributed by atoms with van der Waals surface area (Å²) in [5.74, 6) is -2.51. The van der Waals surface area contributed by atoms with Gasteiger partial charge in [-0.1, -0.05) is 19.9 Å². The molecule has 0 saturated heterocycles. The zero-order chi connectivity index (χ0) is 24.4. The molecule has 2 aromatic rings. The maximum atomic E-state index is 11.8. The van der Waals surface area contributed by atoms with E-state index >= 15 is 0 Å². The van der Waals surface area contributed by atoms with Crippen molar-refractivity contribution in [2.45, 2.75) is 51.6 Å². The topological polar surface area (TPSA) is 141 Å². The van der Waals surface area contributed by atoms with E-state index < -0.39 is 18.0 Å². The molecule has 33 heavy (non-hydrogen) atoms. The molecule has 3 rings (SSSR count). The highest BCUT2D eigenvalue weighted by atomic mass is 16.5. The Labute approximate surface area is 192 Å². The van der Waals surface area contributed by atoms with E-state index in [1.807, 2.05) is 18.2 Å². The predicted octanol–water partition coefficient (Wildman–Crippen LogP) is 3.86. The van der Waals surface area contributed by atoms with Crippen molar-refractivity contribution in [2.75, 3.05) is 11.9 Å². The molecular formula is C24H31N3O6. The summed E-state index contributed by atoms with van der Waals surface area (Å²) in [6.07, 6.45) is 6.30. The van der Waals surface area contributed by atoms with Crippen molar-refractivity contribution in [3.8, 4) is 0 Å². The minimum absolute atomic E-state index is 0.347. The molecule has 1 aliphatic rings. The maximum Gasteiger partial charge on any atom is 0.411 e. The molecule has 0 aliphatic heterocycles. The molecule has 178 valence electrons. The predicted molar refractivity (Wildman–Crippen MR) is 127 cm³/mol. The third kappa shape index (κ3) is 8.46. The number of amides is 1. The SMILES string of the molecule is C=CCCOC(=O)Nc1ccc2[nH]c3c(c2c1)CC(NC(C)C)CC3.O=C(O)C=CC(=O)O. The summed E-state index contributed by atoms with van der Waals surface area (Å²) in [4.78, 5) is 34.5. The lowest BCUT2D eigenvalue weighted by molar-refractivity contribution is -0.134. The van der Waals surface area contributed by atoms with E-state index in [4.69, 9.17) is 14.9 Å². The molecule has 1 amide bonds. The van der Waals surface area contributed by atoms with Gasteiger partial charge in [0.25, 0.3) is 0 Å². The largest absolute Gasteiger partial charge is 0.478 e. The Morgan fingerprint density at radius 3 is 2.55 bits per heavy atom. The van der Waals surface area contributed by atoms with Crippen LogP contribution in [-0.2, 0) is 27.2 Å². The summed E-state index contributed by atoms with van der Waals surface area (Å²) in [5.41, 5.74) is 4.57. The number of nitrogens with one attached hydrogen (secondary N) is 3. The summed E-state index contributed by atoms with van der Waals surface area (Å²) in [6.45, 7) is 8.33. The van der Waals surface area contributed by atoms with E-state index in [1.165, 1.54) is 16.6 Å². The highest BCUT2D eigenvalue weighted by Crippen LogP contribution is 2.31. The first-order valence-electron chi connectivity index (χ1n) is 10.8. The van der Waals surface area contributed by atoms with Gasteiger partial charge in [-0.15, -0.1) is 6.58 Å². The van der Waals surface area contributed by atoms with Gasteiger partial charge in [-0.05, 0) is 49.4 Å². The van der Waals surface area contributed by atoms with Crippen LogP contribution in [0.1, 0.15) is 37.9 Å². The van der Waals surface area contributed by atoms with Crippen molar-refractivity contribution < 1.29 is 29.3 Å². The van der Waals surface area contributed by atoms with Crippen LogP contribution < -0.4 is 10.6 Å². The van der Waals surface area contributed by atoms with Crippen LogP contribution in [0.5, 0.6) is 0 Å². The Kier molecular flexibility index (Phi) is 9.68. The van der Waals surface area contributed by atoms with E-state index in [0.29, 0.717) is 37.3 Å². The van der Waals surface area contributed by atoms with Crippen LogP contribution in [0.3, 0.4) is 0 Å². The second-order valence-corrected chi connectivity index (χ2v) is 7.95. The molecule has 0 bridgehead atoms. The third-order valence-corrected chi connectivity index (χ3v) is 4.93. The van der Waals surface area contributed by atoms with Crippen LogP contribution in [0.15, 0.2) is 43.0 Å². The summed E-state index contributed by atoms with van der Waals surface area (Å²) in [7, 11) is 0. The molecule has 9 nitrogen and oxygen atoms in total. The Morgan fingerprint density at radius 1 is 1.24 bits per heavy atom. The smallest absolute Gasteiger partial charge is 0.411 e. The number of aryl methyl sites for hydroxylation is 1. The number of hydrogen-bond donors (Lipinski definition) is 5. The Morgan fingerprint density at radius 2 is 1.94 bits per heavy atom. The van der Waals surface area contributed by atoms with Crippen molar-refractivity contribution in [1.82, 2.24) is 10.3 Å². The lowest BCUT2D eigenvalue weighted by atomic mass is 9.91. The molecule has 0 saturated carbocycles. The lowest BCUT2D eigenvalue weighted by Crippen LogP contribution is -2.38. The average Bonchev–Trinajstić information content (AvgIpc) is 3.10. The van der Waals surface area contributed by atoms with Gasteiger partial charge in [0.05, 0.1) is 6.61 Å². The fourth-order valence-corrected chi connectivity index (χ4v) is 3.64. The summed E-state index contributed by atoms with van der Waals surface area (Å²) in [6, 6.07) is 6.96. The van der Waals surface area contributed by atoms with Gasteiger partial charge in [-0.2, -0.15) is 0 Å². The zero-order valence-electron chi connectivity index (χ0n) is 18.9. The van der Waals surface area contributed by atoms with E-state index in [1.54, 1.807) is 6.08 Å². The fourth-order valence-electron chi connectivity index (χ4n) is 3.64. The number of hydrogen-bond acceptors (Lipinski definition) is 5. The Balaban J connectivity index is 0.000000414. The first-order valence-corrected chi connectivity index (χ1v) is 10.8. The van der Waals surface area contributed by atoms with Crippen LogP contribution in [0, 0.1) is 0 Å². The molecule has 1 aromatic carbocycles. The minimum atomic E-state index is -1.26. The average molecular weight is 458 g/mol. The van der Waals surface area contributed by atoms with Crippen molar-refractivity contribution in [3.05, 3.63) is 54.3 Å². The van der Waals surface area contributed by atoms with Crippen molar-refractivity contribution >= 4 is 34.6 Å². The number of carboxylic acid groups (broad SMARTS) is 2. The summed E-state index contributed by atoms with van der Waals surface area (Å²) < 4.78 is 5.11. The Bertz CT molecular complexity index is 1010. The molecule has 1 aromatic heterocycles. The van der Waals surface area contributed by atoms with Crippen LogP contribution in [-0.4, -0.2) is 51.9 Å². The summed E-state index contributed by atoms with van der Waals surface area (Å²) >= 11 is 0. The number of carboxylic acids is 2. The molecule has 5 N–H and O–H groups in total. The third-order valence-electron chi connectivity index (χ3n) is 4.93. The number of fused-ring (bicyclic) bond motifs is 3. The first kappa shape index (κ1) is 25.7. The monoisotopic (exact) mass is 457 g/mol. The highest BCUT2D eigenvalue weighted by molar-refractivity contribution is 5.92. The quantitative estimate of drug-likeness (QED) is 0.230. The fraction of sp³-hybridized carbons (Fsp3) is 0.375. The van der Waals surface area contributed by atoms with Crippen LogP contribution in [0.25, 0.3) is 10.9 Å². The molecule has 0 spiro atoms. The van der Waals surface area contributed by atoms with Crippen molar-refractivity contribution in [2.24, 2.45) is 0 Å². The number of ether oxygens (including phenoxy) is 1. The van der Waals surface area contributed by atoms with E-state index in [0.717, 1.165) is 30.5 Å². The summed E-state index contributed by atoms with van der Waals surface area (Å²) in [5, 5.41) is 23.3. The van der Waals surface area contributed by atoms with E-state index in [-0.39, 0.29) is 0 Å². The van der Waals surface area contributed by atoms with Crippen molar-refractivity contribution in [3.63, 3.8) is 0 Å². The van der Waals surface area contributed by atoms with Gasteiger partial charge < -0.3 is 25.3 Å². The number of aliphatic carboxylic acids is 2. The van der Waals surface area contributed by atoms with Gasteiger partial charge in [-0.3, -0.25) is 5.32 Å².